The van der Waals surface area contributed by atoms with Crippen LogP contribution in [0.2, 0.25) is 0 Å². The van der Waals surface area contributed by atoms with Crippen LogP contribution in [0.1, 0.15) is 28.4 Å². The monoisotopic (exact) mass is 297 g/mol. The molecule has 0 N–H and O–H groups in total. The van der Waals surface area contributed by atoms with E-state index in [0.717, 1.165) is 6.42 Å². The van der Waals surface area contributed by atoms with E-state index in [0.29, 0.717) is 11.8 Å². The normalized spacial score (nSPS) is 25.9. The molecule has 1 fully saturated rings. The zero-order valence-electron chi connectivity index (χ0n) is 13.3. The molecule has 0 saturated heterocycles. The smallest absolute Gasteiger partial charge is 0.0355 e. The highest BCUT2D eigenvalue weighted by atomic mass is 15.0. The zero-order chi connectivity index (χ0) is 15.6. The summed E-state index contributed by atoms with van der Waals surface area (Å²) in [5.41, 5.74) is 10.4. The molecule has 23 heavy (non-hydrogen) atoms. The van der Waals surface area contributed by atoms with Gasteiger partial charge < -0.3 is 4.57 Å². The predicted molar refractivity (Wildman–Crippen MR) is 97.0 cm³/mol. The zero-order valence-corrected chi connectivity index (χ0v) is 13.3. The van der Waals surface area contributed by atoms with E-state index in [1.54, 1.807) is 11.6 Å². The average Bonchev–Trinajstić information content (AvgIpc) is 3.24. The molecule has 5 rings (SSSR count). The molecule has 1 heteroatoms. The van der Waals surface area contributed by atoms with Gasteiger partial charge in [0, 0.05) is 47.8 Å². The number of fused-ring (bicyclic) bond motifs is 8. The summed E-state index contributed by atoms with van der Waals surface area (Å²) in [6.07, 6.45) is 22.8. The Bertz CT molecular complexity index is 922. The Morgan fingerprint density at radius 1 is 1.13 bits per heavy atom. The Hall–Kier alpha value is -2.54. The van der Waals surface area contributed by atoms with E-state index >= 15 is 0 Å². The molecule has 1 nitrogen and oxygen atoms in total. The predicted octanol–water partition coefficient (Wildman–Crippen LogP) is 4.87. The van der Waals surface area contributed by atoms with Gasteiger partial charge in [-0.3, -0.25) is 0 Å². The van der Waals surface area contributed by atoms with Crippen LogP contribution in [0.5, 0.6) is 0 Å². The molecule has 112 valence electrons. The molecule has 0 bridgehead atoms. The molecule has 2 atom stereocenters. The number of allylic oxidation sites excluding steroid dienone is 11. The number of hydrogen-bond donors (Lipinski definition) is 0. The Kier molecular flexibility index (Phi) is 2.52. The van der Waals surface area contributed by atoms with Crippen molar-refractivity contribution in [3.8, 4) is 0 Å². The van der Waals surface area contributed by atoms with Gasteiger partial charge in [0.1, 0.15) is 0 Å². The minimum absolute atomic E-state index is 0.605. The van der Waals surface area contributed by atoms with Crippen molar-refractivity contribution in [1.82, 2.24) is 4.57 Å². The van der Waals surface area contributed by atoms with Gasteiger partial charge in [-0.05, 0) is 28.9 Å². The highest BCUT2D eigenvalue weighted by Gasteiger charge is 2.48. The van der Waals surface area contributed by atoms with Gasteiger partial charge in [-0.15, -0.1) is 0 Å². The molecule has 0 radical (unpaired) electrons. The average molecular weight is 297 g/mol. The van der Waals surface area contributed by atoms with Gasteiger partial charge in [0.05, 0.1) is 0 Å². The fraction of sp³-hybridized carbons (Fsp3) is 0.182. The minimum atomic E-state index is 0.605. The molecule has 1 aromatic rings. The summed E-state index contributed by atoms with van der Waals surface area (Å²) in [4.78, 5) is 0. The first kappa shape index (κ1) is 13.0. The SMILES string of the molecule is C=C/C=C\C=CC1=Cc2c3c(n(C)c2C1)C1C(=C3)C2=CC=CC21. The second-order valence-electron chi connectivity index (χ2n) is 6.70. The lowest BCUT2D eigenvalue weighted by molar-refractivity contribution is 0.543. The van der Waals surface area contributed by atoms with Crippen LogP contribution in [0.25, 0.3) is 12.2 Å². The molecule has 4 aliphatic rings. The summed E-state index contributed by atoms with van der Waals surface area (Å²) in [5, 5.41) is 0. The maximum Gasteiger partial charge on any atom is 0.0355 e. The summed E-state index contributed by atoms with van der Waals surface area (Å²) < 4.78 is 2.46. The highest BCUT2D eigenvalue weighted by Crippen LogP contribution is 2.60. The van der Waals surface area contributed by atoms with Gasteiger partial charge >= 0.3 is 0 Å². The van der Waals surface area contributed by atoms with Crippen LogP contribution in [0.4, 0.5) is 0 Å². The molecule has 0 amide bonds. The van der Waals surface area contributed by atoms with Crippen molar-refractivity contribution in [2.45, 2.75) is 12.3 Å². The molecule has 1 aromatic heterocycles. The Balaban J connectivity index is 1.54. The second-order valence-corrected chi connectivity index (χ2v) is 6.70. The third kappa shape index (κ3) is 1.57. The number of hydrogen-bond acceptors (Lipinski definition) is 0. The van der Waals surface area contributed by atoms with Crippen molar-refractivity contribution in [1.29, 1.82) is 0 Å². The van der Waals surface area contributed by atoms with Crippen LogP contribution in [0.15, 0.2) is 71.9 Å². The maximum absolute atomic E-state index is 3.69. The Morgan fingerprint density at radius 2 is 2.04 bits per heavy atom. The van der Waals surface area contributed by atoms with Gasteiger partial charge in [-0.2, -0.15) is 0 Å². The van der Waals surface area contributed by atoms with Gasteiger partial charge in [0.15, 0.2) is 0 Å². The first-order valence-corrected chi connectivity index (χ1v) is 8.27. The van der Waals surface area contributed by atoms with Crippen LogP contribution >= 0.6 is 0 Å². The van der Waals surface area contributed by atoms with Crippen LogP contribution in [-0.4, -0.2) is 4.57 Å². The first-order chi connectivity index (χ1) is 11.3. The fourth-order valence-corrected chi connectivity index (χ4v) is 4.56. The first-order valence-electron chi connectivity index (χ1n) is 8.27. The molecular weight excluding hydrogens is 278 g/mol. The molecule has 0 aromatic carbocycles. The number of rotatable bonds is 3. The van der Waals surface area contributed by atoms with Gasteiger partial charge in [0.2, 0.25) is 0 Å². The van der Waals surface area contributed by atoms with E-state index in [2.05, 4.69) is 60.7 Å². The highest BCUT2D eigenvalue weighted by molar-refractivity contribution is 5.86. The summed E-state index contributed by atoms with van der Waals surface area (Å²) >= 11 is 0. The van der Waals surface area contributed by atoms with Crippen molar-refractivity contribution < 1.29 is 0 Å². The standard InChI is InChI=1S/C22H19N/c1-3-4-5-6-8-14-11-17-19-13-18-15-9-7-10-16(15)21(18)22(19)23(2)20(17)12-14/h3-11,13,16,21H,1,12H2,2H3/b5-4-,8-6?. The van der Waals surface area contributed by atoms with Crippen molar-refractivity contribution in [3.63, 3.8) is 0 Å². The molecule has 1 saturated carbocycles. The molecule has 0 spiro atoms. The second kappa shape index (κ2) is 4.48. The minimum Gasteiger partial charge on any atom is -0.350 e. The summed E-state index contributed by atoms with van der Waals surface area (Å²) in [6.45, 7) is 3.69. The molecular formula is C22H19N. The van der Waals surface area contributed by atoms with Crippen LogP contribution in [0, 0.1) is 5.92 Å². The number of nitrogens with zero attached hydrogens (tertiary/aromatic N) is 1. The molecule has 0 aliphatic heterocycles. The van der Waals surface area contributed by atoms with E-state index in [9.17, 15) is 0 Å². The quantitative estimate of drug-likeness (QED) is 0.701. The molecule has 1 heterocycles. The van der Waals surface area contributed by atoms with Crippen LogP contribution in [0.3, 0.4) is 0 Å². The van der Waals surface area contributed by atoms with E-state index < -0.39 is 0 Å². The lowest BCUT2D eigenvalue weighted by Crippen LogP contribution is -2.26. The van der Waals surface area contributed by atoms with E-state index in [1.807, 2.05) is 12.2 Å². The largest absolute Gasteiger partial charge is 0.350 e. The van der Waals surface area contributed by atoms with Crippen molar-refractivity contribution >= 4 is 12.2 Å². The molecule has 2 unspecified atom stereocenters. The summed E-state index contributed by atoms with van der Waals surface area (Å²) in [6, 6.07) is 0. The lowest BCUT2D eigenvalue weighted by Gasteiger charge is -2.37. The Morgan fingerprint density at radius 3 is 2.91 bits per heavy atom. The van der Waals surface area contributed by atoms with Crippen molar-refractivity contribution in [2.24, 2.45) is 13.0 Å². The van der Waals surface area contributed by atoms with Gasteiger partial charge in [-0.1, -0.05) is 55.2 Å². The van der Waals surface area contributed by atoms with Gasteiger partial charge in [0.25, 0.3) is 0 Å². The summed E-state index contributed by atoms with van der Waals surface area (Å²) in [5.74, 6) is 1.23. The lowest BCUT2D eigenvalue weighted by atomic mass is 9.67. The Labute approximate surface area is 137 Å². The van der Waals surface area contributed by atoms with E-state index in [1.165, 1.54) is 33.7 Å². The molecule has 4 aliphatic carbocycles. The summed E-state index contributed by atoms with van der Waals surface area (Å²) in [7, 11) is 2.24. The van der Waals surface area contributed by atoms with Gasteiger partial charge in [-0.25, -0.2) is 0 Å². The van der Waals surface area contributed by atoms with Crippen LogP contribution < -0.4 is 0 Å². The third-order valence-electron chi connectivity index (χ3n) is 5.59. The topological polar surface area (TPSA) is 4.93 Å². The van der Waals surface area contributed by atoms with Crippen molar-refractivity contribution in [3.05, 3.63) is 94.4 Å². The van der Waals surface area contributed by atoms with Crippen LogP contribution in [-0.2, 0) is 13.5 Å². The van der Waals surface area contributed by atoms with E-state index in [4.69, 9.17) is 0 Å². The maximum atomic E-state index is 3.69. The van der Waals surface area contributed by atoms with E-state index in [-0.39, 0.29) is 0 Å². The third-order valence-corrected chi connectivity index (χ3v) is 5.59. The fourth-order valence-electron chi connectivity index (χ4n) is 4.56. The van der Waals surface area contributed by atoms with Crippen molar-refractivity contribution in [2.75, 3.05) is 0 Å². The number of aromatic nitrogens is 1.